The minimum atomic E-state index is -2.89. The fourth-order valence-corrected chi connectivity index (χ4v) is 6.29. The summed E-state index contributed by atoms with van der Waals surface area (Å²) in [7, 11) is -2.89. The molecule has 0 aromatic rings. The van der Waals surface area contributed by atoms with Gasteiger partial charge in [0.1, 0.15) is 0 Å². The molecule has 2 saturated heterocycles. The molecule has 3 rings (SSSR count). The van der Waals surface area contributed by atoms with Gasteiger partial charge in [-0.2, -0.15) is 0 Å². The van der Waals surface area contributed by atoms with Crippen LogP contribution >= 0.6 is 0 Å². The first-order chi connectivity index (χ1) is 9.00. The SMILES string of the molecule is NC1CS(=O)(=O)CC1N1CCC2(CCCCC2)CC1. The lowest BCUT2D eigenvalue weighted by atomic mass is 9.68. The first-order valence-electron chi connectivity index (χ1n) is 7.70. The van der Waals surface area contributed by atoms with Crippen LogP contribution in [0.4, 0.5) is 0 Å². The second-order valence-corrected chi connectivity index (χ2v) is 9.06. The highest BCUT2D eigenvalue weighted by Crippen LogP contribution is 2.45. The molecular formula is C14H26N2O2S. The summed E-state index contributed by atoms with van der Waals surface area (Å²) in [6.07, 6.45) is 9.43. The zero-order valence-corrected chi connectivity index (χ0v) is 12.5. The third kappa shape index (κ3) is 2.83. The van der Waals surface area contributed by atoms with Gasteiger partial charge < -0.3 is 5.73 Å². The molecule has 0 aromatic heterocycles. The Hall–Kier alpha value is -0.130. The Bertz CT molecular complexity index is 419. The summed E-state index contributed by atoms with van der Waals surface area (Å²) in [5, 5.41) is 0. The van der Waals surface area contributed by atoms with E-state index in [2.05, 4.69) is 4.90 Å². The minimum Gasteiger partial charge on any atom is -0.325 e. The molecule has 2 aliphatic heterocycles. The highest BCUT2D eigenvalue weighted by molar-refractivity contribution is 7.91. The van der Waals surface area contributed by atoms with Crippen molar-refractivity contribution in [1.29, 1.82) is 0 Å². The van der Waals surface area contributed by atoms with E-state index in [0.717, 1.165) is 13.1 Å². The molecule has 2 heterocycles. The van der Waals surface area contributed by atoms with E-state index in [-0.39, 0.29) is 23.6 Å². The number of hydrogen-bond acceptors (Lipinski definition) is 4. The van der Waals surface area contributed by atoms with E-state index in [1.807, 2.05) is 0 Å². The second-order valence-electron chi connectivity index (χ2n) is 6.90. The van der Waals surface area contributed by atoms with Gasteiger partial charge in [0.25, 0.3) is 0 Å². The van der Waals surface area contributed by atoms with Crippen molar-refractivity contribution in [2.24, 2.45) is 11.1 Å². The van der Waals surface area contributed by atoms with Crippen molar-refractivity contribution in [3.8, 4) is 0 Å². The molecule has 0 aromatic carbocycles. The molecule has 1 aliphatic carbocycles. The van der Waals surface area contributed by atoms with Crippen LogP contribution in [0.3, 0.4) is 0 Å². The maximum atomic E-state index is 11.7. The number of sulfone groups is 1. The van der Waals surface area contributed by atoms with Gasteiger partial charge >= 0.3 is 0 Å². The van der Waals surface area contributed by atoms with Gasteiger partial charge in [-0.05, 0) is 44.2 Å². The Kier molecular flexibility index (Phi) is 3.65. The van der Waals surface area contributed by atoms with Crippen molar-refractivity contribution in [3.63, 3.8) is 0 Å². The van der Waals surface area contributed by atoms with Crippen molar-refractivity contribution in [2.75, 3.05) is 24.6 Å². The number of nitrogens with two attached hydrogens (primary N) is 1. The van der Waals surface area contributed by atoms with Crippen LogP contribution in [0.15, 0.2) is 0 Å². The molecule has 3 aliphatic rings. The van der Waals surface area contributed by atoms with E-state index in [1.54, 1.807) is 0 Å². The fourth-order valence-electron chi connectivity index (χ4n) is 4.36. The van der Waals surface area contributed by atoms with Gasteiger partial charge in [0.15, 0.2) is 9.84 Å². The Morgan fingerprint density at radius 3 is 2.11 bits per heavy atom. The summed E-state index contributed by atoms with van der Waals surface area (Å²) in [6.45, 7) is 2.10. The molecule has 0 amide bonds. The molecule has 19 heavy (non-hydrogen) atoms. The average molecular weight is 286 g/mol. The van der Waals surface area contributed by atoms with E-state index in [4.69, 9.17) is 5.73 Å². The van der Waals surface area contributed by atoms with E-state index in [9.17, 15) is 8.42 Å². The molecule has 4 nitrogen and oxygen atoms in total. The predicted octanol–water partition coefficient (Wildman–Crippen LogP) is 1.16. The van der Waals surface area contributed by atoms with Crippen LogP contribution in [0, 0.1) is 5.41 Å². The summed E-state index contributed by atoms with van der Waals surface area (Å²) in [4.78, 5) is 2.36. The number of nitrogens with zero attached hydrogens (tertiary/aromatic N) is 1. The Balaban J connectivity index is 1.61. The van der Waals surface area contributed by atoms with Gasteiger partial charge in [-0.25, -0.2) is 8.42 Å². The highest BCUT2D eigenvalue weighted by atomic mass is 32.2. The fraction of sp³-hybridized carbons (Fsp3) is 1.00. The van der Waals surface area contributed by atoms with Gasteiger partial charge in [0, 0.05) is 12.1 Å². The van der Waals surface area contributed by atoms with E-state index in [0.29, 0.717) is 5.41 Å². The molecule has 0 radical (unpaired) electrons. The Morgan fingerprint density at radius 2 is 1.58 bits per heavy atom. The van der Waals surface area contributed by atoms with Gasteiger partial charge in [0.05, 0.1) is 11.5 Å². The van der Waals surface area contributed by atoms with E-state index < -0.39 is 9.84 Å². The maximum Gasteiger partial charge on any atom is 0.153 e. The summed E-state index contributed by atoms with van der Waals surface area (Å²) >= 11 is 0. The average Bonchev–Trinajstić information content (AvgIpc) is 2.65. The van der Waals surface area contributed by atoms with Gasteiger partial charge in [-0.1, -0.05) is 19.3 Å². The molecule has 1 saturated carbocycles. The predicted molar refractivity (Wildman–Crippen MR) is 76.7 cm³/mol. The van der Waals surface area contributed by atoms with Crippen LogP contribution in [0.25, 0.3) is 0 Å². The van der Waals surface area contributed by atoms with Crippen LogP contribution < -0.4 is 5.73 Å². The standard InChI is InChI=1S/C14H26N2O2S/c15-12-10-19(17,18)11-13(12)16-8-6-14(7-9-16)4-2-1-3-5-14/h12-13H,1-11,15H2. The van der Waals surface area contributed by atoms with Crippen LogP contribution in [-0.4, -0.2) is 50.0 Å². The summed E-state index contributed by atoms with van der Waals surface area (Å²) < 4.78 is 23.4. The number of hydrogen-bond donors (Lipinski definition) is 1. The van der Waals surface area contributed by atoms with Gasteiger partial charge in [-0.3, -0.25) is 4.90 Å². The van der Waals surface area contributed by atoms with Crippen molar-refractivity contribution >= 4 is 9.84 Å². The molecule has 1 spiro atoms. The Labute approximate surface area is 116 Å². The van der Waals surface area contributed by atoms with Crippen molar-refractivity contribution in [1.82, 2.24) is 4.90 Å². The lowest BCUT2D eigenvalue weighted by molar-refractivity contribution is 0.0471. The molecule has 110 valence electrons. The monoisotopic (exact) mass is 286 g/mol. The van der Waals surface area contributed by atoms with Crippen molar-refractivity contribution in [2.45, 2.75) is 57.0 Å². The summed E-state index contributed by atoms with van der Waals surface area (Å²) in [5.74, 6) is 0.459. The molecule has 0 bridgehead atoms. The van der Waals surface area contributed by atoms with E-state index in [1.165, 1.54) is 44.9 Å². The Morgan fingerprint density at radius 1 is 0.947 bits per heavy atom. The van der Waals surface area contributed by atoms with Crippen molar-refractivity contribution in [3.05, 3.63) is 0 Å². The minimum absolute atomic E-state index is 0.0749. The third-order valence-corrected chi connectivity index (χ3v) is 7.35. The lowest BCUT2D eigenvalue weighted by Crippen LogP contribution is -2.52. The zero-order valence-electron chi connectivity index (χ0n) is 11.7. The summed E-state index contributed by atoms with van der Waals surface area (Å²) in [6, 6.07) is -0.101. The van der Waals surface area contributed by atoms with Gasteiger partial charge in [-0.15, -0.1) is 0 Å². The molecule has 2 N–H and O–H groups in total. The first kappa shape index (κ1) is 13.8. The van der Waals surface area contributed by atoms with Crippen LogP contribution in [0.5, 0.6) is 0 Å². The molecular weight excluding hydrogens is 260 g/mol. The zero-order chi connectivity index (χ0) is 13.5. The maximum absolute atomic E-state index is 11.7. The second kappa shape index (κ2) is 5.01. The topological polar surface area (TPSA) is 63.4 Å². The quantitative estimate of drug-likeness (QED) is 0.785. The summed E-state index contributed by atoms with van der Waals surface area (Å²) in [5.41, 5.74) is 6.61. The van der Waals surface area contributed by atoms with Crippen LogP contribution in [0.1, 0.15) is 44.9 Å². The van der Waals surface area contributed by atoms with Crippen LogP contribution in [-0.2, 0) is 9.84 Å². The molecule has 5 heteroatoms. The van der Waals surface area contributed by atoms with Crippen LogP contribution in [0.2, 0.25) is 0 Å². The first-order valence-corrected chi connectivity index (χ1v) is 9.52. The highest BCUT2D eigenvalue weighted by Gasteiger charge is 2.42. The molecule has 2 unspecified atom stereocenters. The van der Waals surface area contributed by atoms with E-state index >= 15 is 0 Å². The third-order valence-electron chi connectivity index (χ3n) is 5.61. The number of piperidine rings is 1. The van der Waals surface area contributed by atoms with Gasteiger partial charge in [0.2, 0.25) is 0 Å². The smallest absolute Gasteiger partial charge is 0.153 e. The molecule has 2 atom stereocenters. The molecule has 3 fully saturated rings. The normalized spacial score (nSPS) is 38.6. The van der Waals surface area contributed by atoms with Crippen molar-refractivity contribution < 1.29 is 8.42 Å². The number of rotatable bonds is 1. The largest absolute Gasteiger partial charge is 0.325 e. The lowest BCUT2D eigenvalue weighted by Gasteiger charge is -2.46. The number of likely N-dealkylation sites (tertiary alicyclic amines) is 1.